The third kappa shape index (κ3) is 6.80. The minimum Gasteiger partial charge on any atom is -0.481 e. The van der Waals surface area contributed by atoms with Crippen molar-refractivity contribution in [3.8, 4) is 0 Å². The largest absolute Gasteiger partial charge is 0.481 e. The van der Waals surface area contributed by atoms with Crippen LogP contribution in [0.1, 0.15) is 52.9 Å². The molecule has 2 amide bonds. The van der Waals surface area contributed by atoms with Gasteiger partial charge in [0.15, 0.2) is 0 Å². The number of carbonyl (C=O) groups excluding carboxylic acids is 1. The smallest absolute Gasteiger partial charge is 0.317 e. The quantitative estimate of drug-likeness (QED) is 0.698. The topological polar surface area (TPSA) is 89.9 Å². The van der Waals surface area contributed by atoms with Gasteiger partial charge in [0.2, 0.25) is 0 Å². The van der Waals surface area contributed by atoms with Crippen molar-refractivity contribution in [1.29, 1.82) is 0 Å². The Balaban J connectivity index is 2.26. The van der Waals surface area contributed by atoms with Crippen molar-refractivity contribution < 1.29 is 19.8 Å². The fourth-order valence-corrected chi connectivity index (χ4v) is 2.38. The van der Waals surface area contributed by atoms with Gasteiger partial charge in [-0.25, -0.2) is 4.79 Å². The zero-order valence-corrected chi connectivity index (χ0v) is 13.3. The number of carboxylic acid groups (broad SMARTS) is 1. The number of likely N-dealkylation sites (tertiary alicyclic amines) is 1. The van der Waals surface area contributed by atoms with Crippen LogP contribution >= 0.6 is 0 Å². The van der Waals surface area contributed by atoms with Gasteiger partial charge >= 0.3 is 12.0 Å². The number of piperidine rings is 1. The predicted octanol–water partition coefficient (Wildman–Crippen LogP) is 1.82. The van der Waals surface area contributed by atoms with Crippen LogP contribution in [0.3, 0.4) is 0 Å². The highest BCUT2D eigenvalue weighted by molar-refractivity contribution is 5.74. The molecule has 1 aliphatic rings. The highest BCUT2D eigenvalue weighted by Gasteiger charge is 2.29. The SMILES string of the molecule is CC(C)(CCNC(=O)N1CCC(C)(O)CC1)CCC(=O)O. The average Bonchev–Trinajstić information content (AvgIpc) is 2.36. The number of aliphatic hydroxyl groups is 1. The average molecular weight is 300 g/mol. The van der Waals surface area contributed by atoms with Crippen molar-refractivity contribution in [1.82, 2.24) is 10.2 Å². The van der Waals surface area contributed by atoms with Crippen LogP contribution < -0.4 is 5.32 Å². The number of hydrogen-bond donors (Lipinski definition) is 3. The van der Waals surface area contributed by atoms with E-state index in [4.69, 9.17) is 5.11 Å². The maximum absolute atomic E-state index is 12.0. The fraction of sp³-hybridized carbons (Fsp3) is 0.867. The molecule has 122 valence electrons. The molecule has 0 atom stereocenters. The summed E-state index contributed by atoms with van der Waals surface area (Å²) in [6.07, 6.45) is 2.71. The number of hydrogen-bond acceptors (Lipinski definition) is 3. The van der Waals surface area contributed by atoms with E-state index in [2.05, 4.69) is 5.32 Å². The maximum Gasteiger partial charge on any atom is 0.317 e. The second kappa shape index (κ2) is 7.11. The first kappa shape index (κ1) is 17.8. The zero-order chi connectivity index (χ0) is 16.1. The van der Waals surface area contributed by atoms with E-state index in [9.17, 15) is 14.7 Å². The van der Waals surface area contributed by atoms with Crippen LogP contribution in [-0.2, 0) is 4.79 Å². The summed E-state index contributed by atoms with van der Waals surface area (Å²) in [4.78, 5) is 24.3. The number of nitrogens with one attached hydrogen (secondary N) is 1. The Labute approximate surface area is 126 Å². The van der Waals surface area contributed by atoms with Gasteiger partial charge in [-0.15, -0.1) is 0 Å². The summed E-state index contributed by atoms with van der Waals surface area (Å²) in [5.41, 5.74) is -0.757. The molecule has 0 saturated carbocycles. The summed E-state index contributed by atoms with van der Waals surface area (Å²) in [7, 11) is 0. The molecule has 0 unspecified atom stereocenters. The normalized spacial score (nSPS) is 18.4. The third-order valence-corrected chi connectivity index (χ3v) is 4.22. The number of carbonyl (C=O) groups is 2. The highest BCUT2D eigenvalue weighted by Crippen LogP contribution is 2.26. The van der Waals surface area contributed by atoms with Gasteiger partial charge in [-0.05, 0) is 38.0 Å². The van der Waals surface area contributed by atoms with Gasteiger partial charge < -0.3 is 20.4 Å². The third-order valence-electron chi connectivity index (χ3n) is 4.22. The molecule has 0 radical (unpaired) electrons. The molecular weight excluding hydrogens is 272 g/mol. The van der Waals surface area contributed by atoms with E-state index in [0.29, 0.717) is 38.9 Å². The minimum absolute atomic E-state index is 0.0977. The Morgan fingerprint density at radius 3 is 2.33 bits per heavy atom. The molecule has 0 aromatic heterocycles. The van der Waals surface area contributed by atoms with E-state index in [1.54, 1.807) is 11.8 Å². The Hall–Kier alpha value is -1.30. The van der Waals surface area contributed by atoms with Gasteiger partial charge in [0, 0.05) is 26.1 Å². The lowest BCUT2D eigenvalue weighted by Crippen LogP contribution is -2.49. The molecule has 6 nitrogen and oxygen atoms in total. The summed E-state index contributed by atoms with van der Waals surface area (Å²) < 4.78 is 0. The van der Waals surface area contributed by atoms with Gasteiger partial charge in [0.25, 0.3) is 0 Å². The van der Waals surface area contributed by atoms with Crippen LogP contribution in [0.2, 0.25) is 0 Å². The molecule has 1 aliphatic heterocycles. The molecule has 0 aliphatic carbocycles. The number of rotatable bonds is 6. The van der Waals surface area contributed by atoms with Crippen molar-refractivity contribution in [2.45, 2.75) is 58.5 Å². The Morgan fingerprint density at radius 1 is 1.24 bits per heavy atom. The summed E-state index contributed by atoms with van der Waals surface area (Å²) in [6, 6.07) is -0.0977. The summed E-state index contributed by atoms with van der Waals surface area (Å²) >= 11 is 0. The predicted molar refractivity (Wildman–Crippen MR) is 80.1 cm³/mol. The van der Waals surface area contributed by atoms with Gasteiger partial charge in [0.1, 0.15) is 0 Å². The number of amides is 2. The van der Waals surface area contributed by atoms with E-state index in [1.165, 1.54) is 0 Å². The molecule has 1 rings (SSSR count). The first-order valence-electron chi connectivity index (χ1n) is 7.58. The molecule has 0 bridgehead atoms. The first-order chi connectivity index (χ1) is 9.61. The number of urea groups is 1. The van der Waals surface area contributed by atoms with Gasteiger partial charge in [-0.1, -0.05) is 13.8 Å². The first-order valence-corrected chi connectivity index (χ1v) is 7.58. The zero-order valence-electron chi connectivity index (χ0n) is 13.3. The molecule has 0 spiro atoms. The second-order valence-electron chi connectivity index (χ2n) is 7.02. The number of carboxylic acids is 1. The lowest BCUT2D eigenvalue weighted by Gasteiger charge is -2.36. The lowest BCUT2D eigenvalue weighted by molar-refractivity contribution is -0.137. The number of aliphatic carboxylic acids is 1. The van der Waals surface area contributed by atoms with Crippen molar-refractivity contribution in [3.05, 3.63) is 0 Å². The standard InChI is InChI=1S/C15H28N2O4/c1-14(2,5-4-12(18)19)6-9-16-13(20)17-10-7-15(3,21)8-11-17/h21H,4-11H2,1-3H3,(H,16,20)(H,18,19). The van der Waals surface area contributed by atoms with Gasteiger partial charge in [0.05, 0.1) is 5.60 Å². The summed E-state index contributed by atoms with van der Waals surface area (Å²) in [6.45, 7) is 7.51. The number of nitrogens with zero attached hydrogens (tertiary/aromatic N) is 1. The van der Waals surface area contributed by atoms with Crippen molar-refractivity contribution in [2.24, 2.45) is 5.41 Å². The highest BCUT2D eigenvalue weighted by atomic mass is 16.4. The van der Waals surface area contributed by atoms with Crippen LogP contribution in [0.15, 0.2) is 0 Å². The van der Waals surface area contributed by atoms with Crippen LogP contribution in [0.5, 0.6) is 0 Å². The van der Waals surface area contributed by atoms with Crippen LogP contribution in [0.25, 0.3) is 0 Å². The van der Waals surface area contributed by atoms with Crippen molar-refractivity contribution in [2.75, 3.05) is 19.6 Å². The van der Waals surface area contributed by atoms with Crippen molar-refractivity contribution >= 4 is 12.0 Å². The Bertz CT molecular complexity index is 370. The van der Waals surface area contributed by atoms with Crippen LogP contribution in [0, 0.1) is 5.41 Å². The summed E-state index contributed by atoms with van der Waals surface area (Å²) in [5, 5.41) is 21.4. The van der Waals surface area contributed by atoms with Crippen LogP contribution in [0.4, 0.5) is 4.79 Å². The molecule has 0 aromatic rings. The van der Waals surface area contributed by atoms with Crippen molar-refractivity contribution in [3.63, 3.8) is 0 Å². The van der Waals surface area contributed by atoms with Crippen LogP contribution in [-0.4, -0.2) is 52.3 Å². The molecule has 3 N–H and O–H groups in total. The lowest BCUT2D eigenvalue weighted by atomic mass is 9.84. The van der Waals surface area contributed by atoms with E-state index in [1.807, 2.05) is 13.8 Å². The fourth-order valence-electron chi connectivity index (χ4n) is 2.38. The van der Waals surface area contributed by atoms with Gasteiger partial charge in [-0.2, -0.15) is 0 Å². The van der Waals surface area contributed by atoms with E-state index < -0.39 is 11.6 Å². The van der Waals surface area contributed by atoms with E-state index in [-0.39, 0.29) is 17.9 Å². The second-order valence-corrected chi connectivity index (χ2v) is 7.02. The monoisotopic (exact) mass is 300 g/mol. The molecule has 1 saturated heterocycles. The Kier molecular flexibility index (Phi) is 6.01. The molecule has 21 heavy (non-hydrogen) atoms. The Morgan fingerprint density at radius 2 is 1.81 bits per heavy atom. The molecular formula is C15H28N2O4. The van der Waals surface area contributed by atoms with E-state index >= 15 is 0 Å². The molecule has 6 heteroatoms. The minimum atomic E-state index is -0.785. The van der Waals surface area contributed by atoms with Gasteiger partial charge in [-0.3, -0.25) is 4.79 Å². The molecule has 0 aromatic carbocycles. The molecule has 1 heterocycles. The maximum atomic E-state index is 12.0. The molecule has 1 fully saturated rings. The summed E-state index contributed by atoms with van der Waals surface area (Å²) in [5.74, 6) is -0.785. The van der Waals surface area contributed by atoms with E-state index in [0.717, 1.165) is 6.42 Å².